The monoisotopic (exact) mass is 387 g/mol. The fourth-order valence-electron chi connectivity index (χ4n) is 3.80. The summed E-state index contributed by atoms with van der Waals surface area (Å²) in [5.74, 6) is 0.468. The van der Waals surface area contributed by atoms with Crippen molar-refractivity contribution in [3.8, 4) is 0 Å². The lowest BCUT2D eigenvalue weighted by Gasteiger charge is -2.31. The van der Waals surface area contributed by atoms with Gasteiger partial charge < -0.3 is 20.7 Å². The SMILES string of the molecule is CCOC(=O)N1CCC(NC(N)=NCc2ccc(CN3CCCC3)cc2)CC1. The number of nitrogens with one attached hydrogen (secondary N) is 1. The average Bonchev–Trinajstić information content (AvgIpc) is 3.21. The zero-order chi connectivity index (χ0) is 19.8. The molecular formula is C21H33N5O2. The molecule has 2 aliphatic rings. The van der Waals surface area contributed by atoms with Crippen LogP contribution in [0.3, 0.4) is 0 Å². The molecule has 154 valence electrons. The van der Waals surface area contributed by atoms with Crippen LogP contribution >= 0.6 is 0 Å². The third-order valence-electron chi connectivity index (χ3n) is 5.43. The highest BCUT2D eigenvalue weighted by molar-refractivity contribution is 5.78. The zero-order valence-electron chi connectivity index (χ0n) is 16.9. The molecule has 2 saturated heterocycles. The van der Waals surface area contributed by atoms with Crippen molar-refractivity contribution in [2.75, 3.05) is 32.8 Å². The molecule has 2 heterocycles. The predicted molar refractivity (Wildman–Crippen MR) is 111 cm³/mol. The summed E-state index contributed by atoms with van der Waals surface area (Å²) >= 11 is 0. The Kier molecular flexibility index (Phi) is 7.54. The van der Waals surface area contributed by atoms with Gasteiger partial charge in [-0.05, 0) is 56.8 Å². The van der Waals surface area contributed by atoms with Crippen LogP contribution in [-0.2, 0) is 17.8 Å². The number of piperidine rings is 1. The van der Waals surface area contributed by atoms with E-state index in [0.29, 0.717) is 32.2 Å². The van der Waals surface area contributed by atoms with E-state index in [9.17, 15) is 4.79 Å². The highest BCUT2D eigenvalue weighted by atomic mass is 16.6. The van der Waals surface area contributed by atoms with E-state index in [1.165, 1.54) is 31.5 Å². The van der Waals surface area contributed by atoms with Crippen molar-refractivity contribution in [3.63, 3.8) is 0 Å². The van der Waals surface area contributed by atoms with Gasteiger partial charge in [-0.3, -0.25) is 4.90 Å². The number of carbonyl (C=O) groups excluding carboxylic acids is 1. The molecular weight excluding hydrogens is 354 g/mol. The first-order chi connectivity index (χ1) is 13.6. The van der Waals surface area contributed by atoms with Gasteiger partial charge in [-0.15, -0.1) is 0 Å². The van der Waals surface area contributed by atoms with Gasteiger partial charge in [0.1, 0.15) is 0 Å². The van der Waals surface area contributed by atoms with E-state index < -0.39 is 0 Å². The lowest BCUT2D eigenvalue weighted by atomic mass is 10.1. The van der Waals surface area contributed by atoms with Gasteiger partial charge in [0.15, 0.2) is 5.96 Å². The summed E-state index contributed by atoms with van der Waals surface area (Å²) in [6.07, 6.45) is 4.11. The highest BCUT2D eigenvalue weighted by Gasteiger charge is 2.23. The molecule has 0 bridgehead atoms. The summed E-state index contributed by atoms with van der Waals surface area (Å²) in [5, 5.41) is 3.28. The van der Waals surface area contributed by atoms with Crippen LogP contribution in [0, 0.1) is 0 Å². The van der Waals surface area contributed by atoms with Crippen LogP contribution in [0.25, 0.3) is 0 Å². The maximum absolute atomic E-state index is 11.7. The molecule has 3 rings (SSSR count). The summed E-state index contributed by atoms with van der Waals surface area (Å²) in [6.45, 7) is 7.65. The van der Waals surface area contributed by atoms with E-state index in [1.54, 1.807) is 4.90 Å². The molecule has 1 amide bonds. The minimum Gasteiger partial charge on any atom is -0.450 e. The second kappa shape index (κ2) is 10.3. The number of rotatable bonds is 6. The minimum absolute atomic E-state index is 0.226. The second-order valence-corrected chi connectivity index (χ2v) is 7.61. The molecule has 7 nitrogen and oxygen atoms in total. The first kappa shape index (κ1) is 20.5. The number of amides is 1. The summed E-state index contributed by atoms with van der Waals surface area (Å²) in [4.78, 5) is 20.5. The average molecular weight is 388 g/mol. The number of guanidine groups is 1. The van der Waals surface area contributed by atoms with Crippen molar-refractivity contribution >= 4 is 12.1 Å². The van der Waals surface area contributed by atoms with E-state index in [1.807, 2.05) is 6.92 Å². The molecule has 0 aromatic heterocycles. The molecule has 28 heavy (non-hydrogen) atoms. The Balaban J connectivity index is 1.40. The van der Waals surface area contributed by atoms with Crippen LogP contribution < -0.4 is 11.1 Å². The third kappa shape index (κ3) is 6.12. The fraction of sp³-hybridized carbons (Fsp3) is 0.619. The topological polar surface area (TPSA) is 83.2 Å². The van der Waals surface area contributed by atoms with E-state index in [-0.39, 0.29) is 12.1 Å². The number of ether oxygens (including phenoxy) is 1. The normalized spacial score (nSPS) is 19.0. The molecule has 0 aliphatic carbocycles. The summed E-state index contributed by atoms with van der Waals surface area (Å²) < 4.78 is 5.05. The van der Waals surface area contributed by atoms with Crippen LogP contribution in [0.5, 0.6) is 0 Å². The van der Waals surface area contributed by atoms with E-state index in [0.717, 1.165) is 24.9 Å². The number of benzene rings is 1. The Morgan fingerprint density at radius 3 is 2.43 bits per heavy atom. The van der Waals surface area contributed by atoms with Gasteiger partial charge >= 0.3 is 6.09 Å². The van der Waals surface area contributed by atoms with Crippen LogP contribution in [0.1, 0.15) is 43.7 Å². The van der Waals surface area contributed by atoms with Crippen molar-refractivity contribution in [1.29, 1.82) is 0 Å². The van der Waals surface area contributed by atoms with E-state index >= 15 is 0 Å². The Morgan fingerprint density at radius 2 is 1.79 bits per heavy atom. The van der Waals surface area contributed by atoms with Crippen LogP contribution in [0.4, 0.5) is 4.79 Å². The molecule has 2 aliphatic heterocycles. The van der Waals surface area contributed by atoms with Gasteiger partial charge in [0, 0.05) is 25.7 Å². The summed E-state index contributed by atoms with van der Waals surface area (Å²) in [5.41, 5.74) is 8.58. The smallest absolute Gasteiger partial charge is 0.409 e. The lowest BCUT2D eigenvalue weighted by molar-refractivity contribution is 0.0963. The van der Waals surface area contributed by atoms with Crippen molar-refractivity contribution in [2.24, 2.45) is 10.7 Å². The maximum Gasteiger partial charge on any atom is 0.409 e. The number of nitrogens with zero attached hydrogens (tertiary/aromatic N) is 3. The molecule has 0 saturated carbocycles. The molecule has 0 spiro atoms. The number of carbonyl (C=O) groups is 1. The van der Waals surface area contributed by atoms with Gasteiger partial charge in [0.2, 0.25) is 0 Å². The van der Waals surface area contributed by atoms with Crippen LogP contribution in [-0.4, -0.2) is 60.7 Å². The Bertz CT molecular complexity index is 647. The fourth-order valence-corrected chi connectivity index (χ4v) is 3.80. The standard InChI is InChI=1S/C21H33N5O2/c1-2-28-21(27)26-13-9-19(10-14-26)24-20(22)23-15-17-5-7-18(8-6-17)16-25-11-3-4-12-25/h5-8,19H,2-4,9-16H2,1H3,(H3,22,23,24). The first-order valence-electron chi connectivity index (χ1n) is 10.4. The van der Waals surface area contributed by atoms with E-state index in [2.05, 4.69) is 39.5 Å². The summed E-state index contributed by atoms with van der Waals surface area (Å²) in [6, 6.07) is 8.91. The molecule has 1 aromatic carbocycles. The number of likely N-dealkylation sites (tertiary alicyclic amines) is 2. The Labute approximate surface area is 167 Å². The number of aliphatic imine (C=N–C) groups is 1. The Hall–Kier alpha value is -2.28. The molecule has 0 unspecified atom stereocenters. The van der Waals surface area contributed by atoms with Crippen LogP contribution in [0.15, 0.2) is 29.3 Å². The number of hydrogen-bond donors (Lipinski definition) is 2. The van der Waals surface area contributed by atoms with Crippen molar-refractivity contribution in [1.82, 2.24) is 15.1 Å². The molecule has 0 radical (unpaired) electrons. The molecule has 0 atom stereocenters. The van der Waals surface area contributed by atoms with Crippen LogP contribution in [0.2, 0.25) is 0 Å². The summed E-state index contributed by atoms with van der Waals surface area (Å²) in [7, 11) is 0. The van der Waals surface area contributed by atoms with Crippen molar-refractivity contribution < 1.29 is 9.53 Å². The lowest BCUT2D eigenvalue weighted by Crippen LogP contribution is -2.48. The molecule has 3 N–H and O–H groups in total. The molecule has 7 heteroatoms. The van der Waals surface area contributed by atoms with Gasteiger partial charge in [-0.25, -0.2) is 9.79 Å². The largest absolute Gasteiger partial charge is 0.450 e. The predicted octanol–water partition coefficient (Wildman–Crippen LogP) is 2.31. The quantitative estimate of drug-likeness (QED) is 0.578. The van der Waals surface area contributed by atoms with Gasteiger partial charge in [-0.2, -0.15) is 0 Å². The maximum atomic E-state index is 11.7. The highest BCUT2D eigenvalue weighted by Crippen LogP contribution is 2.14. The number of nitrogens with two attached hydrogens (primary N) is 1. The van der Waals surface area contributed by atoms with Crippen molar-refractivity contribution in [3.05, 3.63) is 35.4 Å². The van der Waals surface area contributed by atoms with Gasteiger partial charge in [0.25, 0.3) is 0 Å². The minimum atomic E-state index is -0.226. The molecule has 2 fully saturated rings. The van der Waals surface area contributed by atoms with Gasteiger partial charge in [-0.1, -0.05) is 24.3 Å². The third-order valence-corrected chi connectivity index (χ3v) is 5.43. The zero-order valence-corrected chi connectivity index (χ0v) is 16.9. The Morgan fingerprint density at radius 1 is 1.14 bits per heavy atom. The van der Waals surface area contributed by atoms with E-state index in [4.69, 9.17) is 10.5 Å². The number of hydrogen-bond acceptors (Lipinski definition) is 4. The second-order valence-electron chi connectivity index (χ2n) is 7.61. The first-order valence-corrected chi connectivity index (χ1v) is 10.4. The van der Waals surface area contributed by atoms with Gasteiger partial charge in [0.05, 0.1) is 13.2 Å². The molecule has 1 aromatic rings. The van der Waals surface area contributed by atoms with Crippen molar-refractivity contribution in [2.45, 2.75) is 51.7 Å².